The molecule has 0 saturated heterocycles. The summed E-state index contributed by atoms with van der Waals surface area (Å²) in [5.41, 5.74) is 0.866. The van der Waals surface area contributed by atoms with Gasteiger partial charge < -0.3 is 0 Å². The molecule has 50 valence electrons. The topological polar surface area (TPSA) is 38.9 Å². The largest absolute Gasteiger partial charge is 0.244 e. The minimum atomic E-state index is 0.333. The lowest BCUT2D eigenvalue weighted by Crippen LogP contribution is -1.93. The Balaban J connectivity index is 2.65. The van der Waals surface area contributed by atoms with Crippen LogP contribution < -0.4 is 0 Å². The van der Waals surface area contributed by atoms with E-state index in [1.807, 2.05) is 6.92 Å². The van der Waals surface area contributed by atoms with Crippen LogP contribution in [0.4, 0.5) is 0 Å². The maximum Gasteiger partial charge on any atom is 0.108 e. The Kier molecular flexibility index (Phi) is 2.10. The van der Waals surface area contributed by atoms with Crippen LogP contribution in [-0.4, -0.2) is 16.1 Å². The summed E-state index contributed by atoms with van der Waals surface area (Å²) in [5, 5.41) is 7.12. The summed E-state index contributed by atoms with van der Waals surface area (Å²) in [6.07, 6.45) is 1.61. The molecule has 9 heavy (non-hydrogen) atoms. The Morgan fingerprint density at radius 2 is 2.67 bits per heavy atom. The molecule has 1 heterocycles. The van der Waals surface area contributed by atoms with Crippen LogP contribution >= 0.6 is 12.6 Å². The van der Waals surface area contributed by atoms with Crippen LogP contribution in [0.3, 0.4) is 0 Å². The minimum absolute atomic E-state index is 0.333. The molecule has 0 aliphatic carbocycles. The van der Waals surface area contributed by atoms with E-state index < -0.39 is 0 Å². The first kappa shape index (κ1) is 6.61. The van der Waals surface area contributed by atoms with Crippen molar-refractivity contribution in [2.45, 2.75) is 12.8 Å². The van der Waals surface area contributed by atoms with E-state index >= 15 is 0 Å². The minimum Gasteiger partial charge on any atom is -0.244 e. The summed E-state index contributed by atoms with van der Waals surface area (Å²) in [5.74, 6) is 1.10. The van der Waals surface area contributed by atoms with Gasteiger partial charge in [-0.1, -0.05) is 17.2 Å². The Hall–Kier alpha value is -0.510. The number of thiol groups is 1. The normalized spacial score (nSPS) is 13.6. The SMILES string of the molecule is CC(CS)c1cnon1. The molecular weight excluding hydrogens is 136 g/mol. The Morgan fingerprint density at radius 3 is 3.11 bits per heavy atom. The van der Waals surface area contributed by atoms with Crippen molar-refractivity contribution >= 4 is 12.6 Å². The Bertz CT molecular complexity index is 163. The predicted molar refractivity (Wildman–Crippen MR) is 36.6 cm³/mol. The fourth-order valence-corrected chi connectivity index (χ4v) is 0.670. The van der Waals surface area contributed by atoms with Crippen molar-refractivity contribution in [1.29, 1.82) is 0 Å². The van der Waals surface area contributed by atoms with Gasteiger partial charge in [-0.15, -0.1) is 0 Å². The van der Waals surface area contributed by atoms with E-state index in [-0.39, 0.29) is 0 Å². The molecule has 1 atom stereocenters. The summed E-state index contributed by atoms with van der Waals surface area (Å²) >= 11 is 4.09. The first-order valence-corrected chi connectivity index (χ1v) is 3.36. The van der Waals surface area contributed by atoms with E-state index in [1.165, 1.54) is 0 Å². The molecule has 1 aromatic rings. The Morgan fingerprint density at radius 1 is 1.89 bits per heavy atom. The number of rotatable bonds is 2. The van der Waals surface area contributed by atoms with Gasteiger partial charge in [0.05, 0.1) is 6.20 Å². The number of hydrogen-bond acceptors (Lipinski definition) is 4. The molecule has 1 aromatic heterocycles. The highest BCUT2D eigenvalue weighted by atomic mass is 32.1. The van der Waals surface area contributed by atoms with Gasteiger partial charge in [-0.05, 0) is 5.75 Å². The first-order valence-electron chi connectivity index (χ1n) is 2.73. The molecule has 1 rings (SSSR count). The summed E-state index contributed by atoms with van der Waals surface area (Å²) in [7, 11) is 0. The predicted octanol–water partition coefficient (Wildman–Crippen LogP) is 1.10. The second-order valence-corrected chi connectivity index (χ2v) is 2.28. The second-order valence-electron chi connectivity index (χ2n) is 1.92. The molecule has 0 N–H and O–H groups in total. The van der Waals surface area contributed by atoms with E-state index in [9.17, 15) is 0 Å². The van der Waals surface area contributed by atoms with Gasteiger partial charge in [0.1, 0.15) is 5.69 Å². The van der Waals surface area contributed by atoms with Crippen LogP contribution in [0.2, 0.25) is 0 Å². The van der Waals surface area contributed by atoms with Gasteiger partial charge >= 0.3 is 0 Å². The third kappa shape index (κ3) is 1.45. The van der Waals surface area contributed by atoms with Crippen molar-refractivity contribution < 1.29 is 4.63 Å². The number of hydrogen-bond donors (Lipinski definition) is 1. The van der Waals surface area contributed by atoms with Gasteiger partial charge in [-0.2, -0.15) is 12.6 Å². The molecule has 4 heteroatoms. The zero-order chi connectivity index (χ0) is 6.69. The quantitative estimate of drug-likeness (QED) is 0.632. The lowest BCUT2D eigenvalue weighted by molar-refractivity contribution is 0.302. The highest BCUT2D eigenvalue weighted by molar-refractivity contribution is 7.80. The summed E-state index contributed by atoms with van der Waals surface area (Å²) in [6, 6.07) is 0. The zero-order valence-electron chi connectivity index (χ0n) is 5.11. The molecule has 0 aliphatic heterocycles. The van der Waals surface area contributed by atoms with Crippen molar-refractivity contribution in [3.63, 3.8) is 0 Å². The maximum atomic E-state index is 4.40. The van der Waals surface area contributed by atoms with Gasteiger partial charge in [-0.3, -0.25) is 0 Å². The van der Waals surface area contributed by atoms with Crippen molar-refractivity contribution in [1.82, 2.24) is 10.3 Å². The number of nitrogens with zero attached hydrogens (tertiary/aromatic N) is 2. The van der Waals surface area contributed by atoms with E-state index in [0.29, 0.717) is 5.92 Å². The molecular formula is C5H8N2OS. The van der Waals surface area contributed by atoms with Crippen molar-refractivity contribution in [3.8, 4) is 0 Å². The lowest BCUT2D eigenvalue weighted by atomic mass is 10.2. The van der Waals surface area contributed by atoms with Gasteiger partial charge in [0.25, 0.3) is 0 Å². The molecule has 0 saturated carbocycles. The monoisotopic (exact) mass is 144 g/mol. The molecule has 3 nitrogen and oxygen atoms in total. The van der Waals surface area contributed by atoms with Crippen LogP contribution in [0.25, 0.3) is 0 Å². The van der Waals surface area contributed by atoms with Crippen molar-refractivity contribution in [3.05, 3.63) is 11.9 Å². The number of aromatic nitrogens is 2. The van der Waals surface area contributed by atoms with E-state index in [4.69, 9.17) is 0 Å². The smallest absolute Gasteiger partial charge is 0.108 e. The molecule has 0 spiro atoms. The van der Waals surface area contributed by atoms with E-state index in [2.05, 4.69) is 27.6 Å². The summed E-state index contributed by atoms with van der Waals surface area (Å²) in [4.78, 5) is 0. The third-order valence-electron chi connectivity index (χ3n) is 1.16. The first-order chi connectivity index (χ1) is 4.34. The molecule has 0 aliphatic rings. The zero-order valence-corrected chi connectivity index (χ0v) is 6.01. The maximum absolute atomic E-state index is 4.40. The van der Waals surface area contributed by atoms with E-state index in [0.717, 1.165) is 11.4 Å². The fraction of sp³-hybridized carbons (Fsp3) is 0.600. The second kappa shape index (κ2) is 2.87. The van der Waals surface area contributed by atoms with Crippen LogP contribution in [0.1, 0.15) is 18.5 Å². The van der Waals surface area contributed by atoms with Crippen LogP contribution in [0.15, 0.2) is 10.8 Å². The van der Waals surface area contributed by atoms with Gasteiger partial charge in [0.15, 0.2) is 0 Å². The molecule has 1 unspecified atom stereocenters. The summed E-state index contributed by atoms with van der Waals surface area (Å²) in [6.45, 7) is 2.02. The molecule has 0 radical (unpaired) electrons. The fourth-order valence-electron chi connectivity index (χ4n) is 0.483. The van der Waals surface area contributed by atoms with Gasteiger partial charge in [0.2, 0.25) is 0 Å². The molecule has 0 fully saturated rings. The standard InChI is InChI=1S/C5H8N2OS/c1-4(3-9)5-2-6-8-7-5/h2,4,9H,3H2,1H3. The molecule has 0 aromatic carbocycles. The Labute approximate surface area is 58.8 Å². The van der Waals surface area contributed by atoms with E-state index in [1.54, 1.807) is 6.20 Å². The third-order valence-corrected chi connectivity index (χ3v) is 1.70. The summed E-state index contributed by atoms with van der Waals surface area (Å²) < 4.78 is 4.40. The van der Waals surface area contributed by atoms with Gasteiger partial charge in [-0.25, -0.2) is 4.63 Å². The van der Waals surface area contributed by atoms with Crippen LogP contribution in [0.5, 0.6) is 0 Å². The lowest BCUT2D eigenvalue weighted by Gasteiger charge is -1.97. The molecule has 0 bridgehead atoms. The average Bonchev–Trinajstić information content (AvgIpc) is 2.37. The van der Waals surface area contributed by atoms with Crippen molar-refractivity contribution in [2.24, 2.45) is 0 Å². The van der Waals surface area contributed by atoms with Crippen molar-refractivity contribution in [2.75, 3.05) is 5.75 Å². The van der Waals surface area contributed by atoms with Crippen LogP contribution in [0, 0.1) is 0 Å². The highest BCUT2D eigenvalue weighted by Gasteiger charge is 2.05. The highest BCUT2D eigenvalue weighted by Crippen LogP contribution is 2.11. The average molecular weight is 144 g/mol. The molecule has 0 amide bonds. The van der Waals surface area contributed by atoms with Gasteiger partial charge in [0, 0.05) is 5.92 Å². The van der Waals surface area contributed by atoms with Crippen LogP contribution in [-0.2, 0) is 0 Å².